The minimum atomic E-state index is -3.57. The summed E-state index contributed by atoms with van der Waals surface area (Å²) in [4.78, 5) is 26.4. The van der Waals surface area contributed by atoms with E-state index in [1.807, 2.05) is 24.3 Å². The van der Waals surface area contributed by atoms with Crippen molar-refractivity contribution in [1.82, 2.24) is 9.62 Å². The molecule has 0 bridgehead atoms. The number of fused-ring (bicyclic) bond motifs is 1. The number of thiophene rings is 1. The number of benzene rings is 1. The third-order valence-corrected chi connectivity index (χ3v) is 9.89. The molecule has 3 heterocycles. The summed E-state index contributed by atoms with van der Waals surface area (Å²) >= 11 is 2.49. The van der Waals surface area contributed by atoms with Gasteiger partial charge in [-0.05, 0) is 36.6 Å². The van der Waals surface area contributed by atoms with Crippen LogP contribution < -0.4 is 15.0 Å². The number of nitrogens with one attached hydrogen (secondary N) is 1. The number of carbonyl (C=O) groups excluding carboxylic acids is 2. The average molecular weight is 482 g/mol. The number of carbonyl (C=O) groups is 2. The van der Waals surface area contributed by atoms with Crippen LogP contribution in [-0.2, 0) is 26.2 Å². The Morgan fingerprint density at radius 2 is 2.00 bits per heavy atom. The summed E-state index contributed by atoms with van der Waals surface area (Å²) in [5.74, 6) is 0.352. The molecule has 0 saturated carbocycles. The SMILES string of the molecule is COc1cccc(CNC(=O)CN2C(=O)CSc3sc(S(=O)(=O)N4CCCC4)cc32)c1. The first-order valence-corrected chi connectivity index (χ1v) is 13.1. The van der Waals surface area contributed by atoms with Crippen molar-refractivity contribution in [1.29, 1.82) is 0 Å². The molecule has 1 aromatic carbocycles. The van der Waals surface area contributed by atoms with Gasteiger partial charge in [0.15, 0.2) is 0 Å². The van der Waals surface area contributed by atoms with Crippen molar-refractivity contribution in [3.8, 4) is 5.75 Å². The lowest BCUT2D eigenvalue weighted by Crippen LogP contribution is -2.42. The monoisotopic (exact) mass is 481 g/mol. The summed E-state index contributed by atoms with van der Waals surface area (Å²) in [6.45, 7) is 1.19. The van der Waals surface area contributed by atoms with Gasteiger partial charge in [0.1, 0.15) is 16.5 Å². The smallest absolute Gasteiger partial charge is 0.252 e. The Labute approximate surface area is 189 Å². The molecule has 1 saturated heterocycles. The third kappa shape index (κ3) is 4.74. The Morgan fingerprint density at radius 3 is 2.74 bits per heavy atom. The van der Waals surface area contributed by atoms with E-state index in [4.69, 9.17) is 4.74 Å². The van der Waals surface area contributed by atoms with Crippen LogP contribution >= 0.6 is 23.1 Å². The molecule has 166 valence electrons. The summed E-state index contributed by atoms with van der Waals surface area (Å²) in [7, 11) is -1.99. The van der Waals surface area contributed by atoms with Crippen molar-refractivity contribution in [2.45, 2.75) is 27.8 Å². The highest BCUT2D eigenvalue weighted by atomic mass is 32.3. The highest BCUT2D eigenvalue weighted by Gasteiger charge is 2.34. The number of methoxy groups -OCH3 is 1. The number of ether oxygens (including phenoxy) is 1. The van der Waals surface area contributed by atoms with E-state index in [0.29, 0.717) is 31.1 Å². The molecule has 0 unspecified atom stereocenters. The van der Waals surface area contributed by atoms with E-state index in [0.717, 1.165) is 22.6 Å². The van der Waals surface area contributed by atoms with E-state index >= 15 is 0 Å². The van der Waals surface area contributed by atoms with E-state index in [-0.39, 0.29) is 28.3 Å². The maximum absolute atomic E-state index is 12.9. The Hall–Kier alpha value is -2.08. The fourth-order valence-electron chi connectivity index (χ4n) is 3.51. The molecular weight excluding hydrogens is 458 g/mol. The van der Waals surface area contributed by atoms with Crippen LogP contribution in [0.4, 0.5) is 5.69 Å². The summed E-state index contributed by atoms with van der Waals surface area (Å²) in [6, 6.07) is 8.90. The molecule has 1 fully saturated rings. The first-order valence-electron chi connectivity index (χ1n) is 9.85. The summed E-state index contributed by atoms with van der Waals surface area (Å²) < 4.78 is 33.5. The largest absolute Gasteiger partial charge is 0.497 e. The number of amides is 2. The van der Waals surface area contributed by atoms with Crippen molar-refractivity contribution in [2.75, 3.05) is 37.4 Å². The Morgan fingerprint density at radius 1 is 1.23 bits per heavy atom. The lowest BCUT2D eigenvalue weighted by Gasteiger charge is -2.25. The van der Waals surface area contributed by atoms with E-state index in [1.165, 1.54) is 38.4 Å². The van der Waals surface area contributed by atoms with Crippen molar-refractivity contribution in [3.05, 3.63) is 35.9 Å². The highest BCUT2D eigenvalue weighted by molar-refractivity contribution is 8.02. The number of hydrogen-bond acceptors (Lipinski definition) is 7. The zero-order chi connectivity index (χ0) is 22.0. The zero-order valence-corrected chi connectivity index (χ0v) is 19.4. The molecule has 0 atom stereocenters. The second-order valence-electron chi connectivity index (χ2n) is 7.25. The number of thioether (sulfide) groups is 1. The molecule has 2 aromatic rings. The van der Waals surface area contributed by atoms with Gasteiger partial charge < -0.3 is 15.0 Å². The van der Waals surface area contributed by atoms with Gasteiger partial charge in [-0.25, -0.2) is 8.42 Å². The van der Waals surface area contributed by atoms with Crippen LogP contribution in [0.15, 0.2) is 38.8 Å². The third-order valence-electron chi connectivity index (χ3n) is 5.16. The molecule has 2 aliphatic heterocycles. The maximum Gasteiger partial charge on any atom is 0.252 e. The minimum absolute atomic E-state index is 0.156. The van der Waals surface area contributed by atoms with Crippen molar-refractivity contribution in [3.63, 3.8) is 0 Å². The number of anilines is 1. The molecule has 2 aliphatic rings. The van der Waals surface area contributed by atoms with Crippen molar-refractivity contribution in [2.24, 2.45) is 0 Å². The molecule has 0 aliphatic carbocycles. The van der Waals surface area contributed by atoms with Gasteiger partial charge in [-0.1, -0.05) is 12.1 Å². The Bertz CT molecular complexity index is 1090. The molecule has 1 aromatic heterocycles. The summed E-state index contributed by atoms with van der Waals surface area (Å²) in [6.07, 6.45) is 1.72. The van der Waals surface area contributed by atoms with Gasteiger partial charge in [0.25, 0.3) is 10.0 Å². The van der Waals surface area contributed by atoms with E-state index in [9.17, 15) is 18.0 Å². The fraction of sp³-hybridized carbons (Fsp3) is 0.400. The second-order valence-corrected chi connectivity index (χ2v) is 11.7. The number of nitrogens with zero attached hydrogens (tertiary/aromatic N) is 2. The van der Waals surface area contributed by atoms with Gasteiger partial charge in [-0.2, -0.15) is 4.31 Å². The quantitative estimate of drug-likeness (QED) is 0.652. The molecule has 31 heavy (non-hydrogen) atoms. The standard InChI is InChI=1S/C20H23N3O5S3/c1-28-15-6-4-5-14(9-15)11-21-17(24)12-23-16-10-19(30-20(16)29-13-18(23)25)31(26,27)22-7-2-3-8-22/h4-6,9-10H,2-3,7-8,11-13H2,1H3,(H,21,24). The van der Waals surface area contributed by atoms with Gasteiger partial charge in [-0.15, -0.1) is 23.1 Å². The van der Waals surface area contributed by atoms with Crippen LogP contribution in [0.1, 0.15) is 18.4 Å². The van der Waals surface area contributed by atoms with Gasteiger partial charge >= 0.3 is 0 Å². The first-order chi connectivity index (χ1) is 14.9. The molecule has 0 radical (unpaired) electrons. The van der Waals surface area contributed by atoms with Gasteiger partial charge in [0, 0.05) is 19.6 Å². The van der Waals surface area contributed by atoms with Crippen molar-refractivity contribution < 1.29 is 22.7 Å². The van der Waals surface area contributed by atoms with Crippen LogP contribution in [-0.4, -0.2) is 57.0 Å². The van der Waals surface area contributed by atoms with E-state index in [1.54, 1.807) is 7.11 Å². The van der Waals surface area contributed by atoms with Gasteiger partial charge in [-0.3, -0.25) is 9.59 Å². The number of hydrogen-bond donors (Lipinski definition) is 1. The van der Waals surface area contributed by atoms with Crippen LogP contribution in [0.3, 0.4) is 0 Å². The number of rotatable bonds is 7. The number of sulfonamides is 1. The minimum Gasteiger partial charge on any atom is -0.497 e. The fourth-order valence-corrected chi connectivity index (χ4v) is 7.95. The predicted octanol–water partition coefficient (Wildman–Crippen LogP) is 2.30. The molecule has 11 heteroatoms. The van der Waals surface area contributed by atoms with E-state index < -0.39 is 10.0 Å². The molecule has 2 amide bonds. The highest BCUT2D eigenvalue weighted by Crippen LogP contribution is 2.44. The Balaban J connectivity index is 1.47. The molecule has 0 spiro atoms. The van der Waals surface area contributed by atoms with Gasteiger partial charge in [0.2, 0.25) is 11.8 Å². The summed E-state index contributed by atoms with van der Waals surface area (Å²) in [5.41, 5.74) is 1.38. The molecule has 8 nitrogen and oxygen atoms in total. The van der Waals surface area contributed by atoms with E-state index in [2.05, 4.69) is 5.32 Å². The molecular formula is C20H23N3O5S3. The van der Waals surface area contributed by atoms with Crippen LogP contribution in [0.5, 0.6) is 5.75 Å². The second kappa shape index (κ2) is 9.19. The van der Waals surface area contributed by atoms with Crippen molar-refractivity contribution >= 4 is 50.6 Å². The summed E-state index contributed by atoms with van der Waals surface area (Å²) in [5, 5.41) is 2.81. The maximum atomic E-state index is 12.9. The lowest BCUT2D eigenvalue weighted by molar-refractivity contribution is -0.123. The lowest BCUT2D eigenvalue weighted by atomic mass is 10.2. The predicted molar refractivity (Wildman–Crippen MR) is 120 cm³/mol. The molecule has 4 rings (SSSR count). The topological polar surface area (TPSA) is 96.0 Å². The van der Waals surface area contributed by atoms with Crippen LogP contribution in [0.25, 0.3) is 0 Å². The average Bonchev–Trinajstić information content (AvgIpc) is 3.45. The normalized spacial score (nSPS) is 16.9. The van der Waals surface area contributed by atoms with Crippen LogP contribution in [0, 0.1) is 0 Å². The first kappa shape index (κ1) is 22.1. The molecule has 1 N–H and O–H groups in total. The van der Waals surface area contributed by atoms with Gasteiger partial charge in [0.05, 0.1) is 22.8 Å². The Kier molecular flexibility index (Phi) is 6.56. The van der Waals surface area contributed by atoms with Crippen LogP contribution in [0.2, 0.25) is 0 Å². The zero-order valence-electron chi connectivity index (χ0n) is 17.0.